The molecule has 2 heteroatoms. The Hall–Kier alpha value is -2.09. The number of rotatable bonds is 5. The molecule has 1 atom stereocenters. The molecule has 0 saturated carbocycles. The number of nitrogens with zero attached hydrogens (tertiary/aromatic N) is 1. The molecule has 2 nitrogen and oxygen atoms in total. The molecule has 0 radical (unpaired) electrons. The van der Waals surface area contributed by atoms with E-state index >= 15 is 0 Å². The van der Waals surface area contributed by atoms with Gasteiger partial charge in [0, 0.05) is 24.9 Å². The highest BCUT2D eigenvalue weighted by atomic mass is 16.2. The van der Waals surface area contributed by atoms with Gasteiger partial charge in [0.05, 0.1) is 0 Å². The van der Waals surface area contributed by atoms with Crippen molar-refractivity contribution in [2.75, 3.05) is 6.54 Å². The molecule has 1 unspecified atom stereocenters. The Morgan fingerprint density at radius 1 is 1.00 bits per heavy atom. The molecule has 0 bridgehead atoms. The topological polar surface area (TPSA) is 20.3 Å². The largest absolute Gasteiger partial charge is 0.340 e. The first-order valence-electron chi connectivity index (χ1n) is 9.19. The molecule has 0 N–H and O–H groups in total. The Kier molecular flexibility index (Phi) is 5.68. The minimum Gasteiger partial charge on any atom is -0.340 e. The van der Waals surface area contributed by atoms with Crippen LogP contribution in [0.25, 0.3) is 0 Å². The van der Waals surface area contributed by atoms with Gasteiger partial charge in [-0.2, -0.15) is 0 Å². The Morgan fingerprint density at radius 3 is 2.12 bits per heavy atom. The van der Waals surface area contributed by atoms with Gasteiger partial charge in [-0.05, 0) is 36.8 Å². The van der Waals surface area contributed by atoms with E-state index in [9.17, 15) is 4.79 Å². The number of carbonyl (C=O) groups excluding carboxylic acids is 1. The molecular weight excluding hydrogens is 294 g/mol. The van der Waals surface area contributed by atoms with E-state index in [1.807, 2.05) is 12.1 Å². The monoisotopic (exact) mass is 321 g/mol. The first-order chi connectivity index (χ1) is 11.8. The number of piperidine rings is 1. The van der Waals surface area contributed by atoms with Gasteiger partial charge in [-0.1, -0.05) is 67.6 Å². The molecule has 2 aromatic rings. The maximum absolute atomic E-state index is 13.1. The standard InChI is InChI=1S/C22H27NO/c1-2-20-15-9-10-16-23(20)22(24)17-21(18-11-5-3-6-12-18)19-13-7-4-8-14-19/h3-8,11-14,20-21H,2,9-10,15-17H2,1H3. The second kappa shape index (κ2) is 8.14. The van der Waals surface area contributed by atoms with Crippen LogP contribution in [0.1, 0.15) is 56.1 Å². The van der Waals surface area contributed by atoms with Crippen LogP contribution in [-0.4, -0.2) is 23.4 Å². The Labute approximate surface area is 145 Å². The second-order valence-electron chi connectivity index (χ2n) is 6.72. The molecule has 3 rings (SSSR count). The number of hydrogen-bond acceptors (Lipinski definition) is 1. The first kappa shape index (κ1) is 16.8. The quantitative estimate of drug-likeness (QED) is 0.759. The van der Waals surface area contributed by atoms with Crippen LogP contribution in [0.2, 0.25) is 0 Å². The molecule has 1 amide bonds. The van der Waals surface area contributed by atoms with Gasteiger partial charge in [0.2, 0.25) is 5.91 Å². The fourth-order valence-corrected chi connectivity index (χ4v) is 3.84. The number of carbonyl (C=O) groups is 1. The molecule has 2 aromatic carbocycles. The molecule has 0 aromatic heterocycles. The summed E-state index contributed by atoms with van der Waals surface area (Å²) < 4.78 is 0. The van der Waals surface area contributed by atoms with Crippen LogP contribution in [-0.2, 0) is 4.79 Å². The molecule has 0 spiro atoms. The van der Waals surface area contributed by atoms with Crippen molar-refractivity contribution in [3.05, 3.63) is 71.8 Å². The second-order valence-corrected chi connectivity index (χ2v) is 6.72. The maximum Gasteiger partial charge on any atom is 0.223 e. The highest BCUT2D eigenvalue weighted by molar-refractivity contribution is 5.78. The van der Waals surface area contributed by atoms with Crippen molar-refractivity contribution in [1.82, 2.24) is 4.90 Å². The van der Waals surface area contributed by atoms with E-state index in [1.54, 1.807) is 0 Å². The molecule has 1 heterocycles. The Bertz CT molecular complexity index is 598. The van der Waals surface area contributed by atoms with Gasteiger partial charge in [0.25, 0.3) is 0 Å². The minimum atomic E-state index is 0.138. The van der Waals surface area contributed by atoms with Gasteiger partial charge in [-0.15, -0.1) is 0 Å². The van der Waals surface area contributed by atoms with Crippen molar-refractivity contribution in [1.29, 1.82) is 0 Å². The van der Waals surface area contributed by atoms with Crippen molar-refractivity contribution in [2.24, 2.45) is 0 Å². The normalized spacial score (nSPS) is 17.9. The predicted molar refractivity (Wildman–Crippen MR) is 99.0 cm³/mol. The van der Waals surface area contributed by atoms with E-state index < -0.39 is 0 Å². The van der Waals surface area contributed by atoms with E-state index in [4.69, 9.17) is 0 Å². The van der Waals surface area contributed by atoms with Gasteiger partial charge in [-0.25, -0.2) is 0 Å². The van der Waals surface area contributed by atoms with E-state index in [1.165, 1.54) is 17.5 Å². The molecule has 1 aliphatic rings. The van der Waals surface area contributed by atoms with Gasteiger partial charge >= 0.3 is 0 Å². The SMILES string of the molecule is CCC1CCCCN1C(=O)CC(c1ccccc1)c1ccccc1. The number of amides is 1. The van der Waals surface area contributed by atoms with Crippen molar-refractivity contribution in [3.63, 3.8) is 0 Å². The van der Waals surface area contributed by atoms with E-state index in [-0.39, 0.29) is 5.92 Å². The van der Waals surface area contributed by atoms with Crippen LogP contribution in [0.3, 0.4) is 0 Å². The summed E-state index contributed by atoms with van der Waals surface area (Å²) in [5.41, 5.74) is 2.45. The lowest BCUT2D eigenvalue weighted by atomic mass is 9.87. The molecule has 0 aliphatic carbocycles. The van der Waals surface area contributed by atoms with E-state index in [0.29, 0.717) is 18.4 Å². The number of benzene rings is 2. The third-order valence-electron chi connectivity index (χ3n) is 5.20. The number of hydrogen-bond donors (Lipinski definition) is 0. The summed E-state index contributed by atoms with van der Waals surface area (Å²) in [5.74, 6) is 0.443. The Balaban J connectivity index is 1.83. The van der Waals surface area contributed by atoms with Crippen molar-refractivity contribution in [3.8, 4) is 0 Å². The lowest BCUT2D eigenvalue weighted by molar-refractivity contribution is -0.135. The van der Waals surface area contributed by atoms with E-state index in [0.717, 1.165) is 25.8 Å². The third-order valence-corrected chi connectivity index (χ3v) is 5.20. The van der Waals surface area contributed by atoms with Crippen molar-refractivity contribution in [2.45, 2.75) is 51.0 Å². The zero-order valence-corrected chi connectivity index (χ0v) is 14.5. The molecule has 1 aliphatic heterocycles. The van der Waals surface area contributed by atoms with Gasteiger partial charge < -0.3 is 4.90 Å². The fourth-order valence-electron chi connectivity index (χ4n) is 3.84. The maximum atomic E-state index is 13.1. The smallest absolute Gasteiger partial charge is 0.223 e. The summed E-state index contributed by atoms with van der Waals surface area (Å²) in [4.78, 5) is 15.2. The van der Waals surface area contributed by atoms with Crippen LogP contribution in [0.15, 0.2) is 60.7 Å². The van der Waals surface area contributed by atoms with Crippen LogP contribution < -0.4 is 0 Å². The lowest BCUT2D eigenvalue weighted by Gasteiger charge is -2.36. The molecule has 126 valence electrons. The molecule has 1 saturated heterocycles. The van der Waals surface area contributed by atoms with Gasteiger partial charge in [0.15, 0.2) is 0 Å². The lowest BCUT2D eigenvalue weighted by Crippen LogP contribution is -2.43. The summed E-state index contributed by atoms with van der Waals surface area (Å²) in [7, 11) is 0. The highest BCUT2D eigenvalue weighted by Crippen LogP contribution is 2.30. The van der Waals surface area contributed by atoms with Crippen LogP contribution in [0.5, 0.6) is 0 Å². The summed E-state index contributed by atoms with van der Waals surface area (Å²) in [6.07, 6.45) is 5.17. The minimum absolute atomic E-state index is 0.138. The summed E-state index contributed by atoms with van der Waals surface area (Å²) in [5, 5.41) is 0. The van der Waals surface area contributed by atoms with Crippen LogP contribution >= 0.6 is 0 Å². The van der Waals surface area contributed by atoms with E-state index in [2.05, 4.69) is 60.4 Å². The highest BCUT2D eigenvalue weighted by Gasteiger charge is 2.28. The zero-order chi connectivity index (χ0) is 16.8. The molecule has 1 fully saturated rings. The predicted octanol–water partition coefficient (Wildman–Crippen LogP) is 5.00. The Morgan fingerprint density at radius 2 is 1.58 bits per heavy atom. The van der Waals surface area contributed by atoms with Crippen molar-refractivity contribution < 1.29 is 4.79 Å². The molecular formula is C22H27NO. The average molecular weight is 321 g/mol. The zero-order valence-electron chi connectivity index (χ0n) is 14.5. The average Bonchev–Trinajstić information content (AvgIpc) is 2.67. The third kappa shape index (κ3) is 3.87. The van der Waals surface area contributed by atoms with Gasteiger partial charge in [0.1, 0.15) is 0 Å². The first-order valence-corrected chi connectivity index (χ1v) is 9.19. The van der Waals surface area contributed by atoms with Crippen LogP contribution in [0.4, 0.5) is 0 Å². The van der Waals surface area contributed by atoms with Gasteiger partial charge in [-0.3, -0.25) is 4.79 Å². The summed E-state index contributed by atoms with van der Waals surface area (Å²) in [6.45, 7) is 3.12. The fraction of sp³-hybridized carbons (Fsp3) is 0.409. The number of likely N-dealkylation sites (tertiary alicyclic amines) is 1. The summed E-state index contributed by atoms with van der Waals surface area (Å²) in [6, 6.07) is 21.3. The molecule has 24 heavy (non-hydrogen) atoms. The summed E-state index contributed by atoms with van der Waals surface area (Å²) >= 11 is 0. The van der Waals surface area contributed by atoms with Crippen LogP contribution in [0, 0.1) is 0 Å². The van der Waals surface area contributed by atoms with Crippen molar-refractivity contribution >= 4 is 5.91 Å².